The Bertz CT molecular complexity index is 1140. The topological polar surface area (TPSA) is 61.6 Å². The van der Waals surface area contributed by atoms with Gasteiger partial charge in [0.2, 0.25) is 5.89 Å². The quantitative estimate of drug-likeness (QED) is 0.444. The van der Waals surface area contributed by atoms with E-state index < -0.39 is 11.7 Å². The summed E-state index contributed by atoms with van der Waals surface area (Å²) in [6.07, 6.45) is -3.11. The summed E-state index contributed by atoms with van der Waals surface area (Å²) < 4.78 is 45.2. The molecule has 0 saturated heterocycles. The molecule has 0 bridgehead atoms. The van der Waals surface area contributed by atoms with Gasteiger partial charge in [-0.1, -0.05) is 42.0 Å². The van der Waals surface area contributed by atoms with E-state index in [4.69, 9.17) is 4.42 Å². The van der Waals surface area contributed by atoms with Gasteiger partial charge in [0.15, 0.2) is 5.69 Å². The van der Waals surface area contributed by atoms with Crippen molar-refractivity contribution in [1.29, 1.82) is 0 Å². The highest BCUT2D eigenvalue weighted by molar-refractivity contribution is 5.91. The van der Waals surface area contributed by atoms with Gasteiger partial charge in [0.25, 0.3) is 5.91 Å². The van der Waals surface area contributed by atoms with Crippen LogP contribution in [0.2, 0.25) is 0 Å². The second-order valence-corrected chi connectivity index (χ2v) is 8.96. The molecule has 0 fully saturated rings. The van der Waals surface area contributed by atoms with Gasteiger partial charge in [-0.05, 0) is 50.7 Å². The van der Waals surface area contributed by atoms with E-state index in [1.54, 1.807) is 6.07 Å². The lowest BCUT2D eigenvalue weighted by Gasteiger charge is -2.23. The Hall–Kier alpha value is -3.17. The van der Waals surface area contributed by atoms with Gasteiger partial charge >= 0.3 is 6.18 Å². The molecule has 3 rings (SSSR count). The standard InChI is InChI=1S/C26H31F3N4O2/c1-18-8-9-19(2)21(12-18)15-33(14-20-6-5-7-22(13-20)26(27,28)29)16-24-31-23(17-35-24)25(34)30-10-11-32(3)4/h5-9,12-13,17H,10-11,14-16H2,1-4H3,(H,30,34). The summed E-state index contributed by atoms with van der Waals surface area (Å²) in [5.41, 5.74) is 3.25. The fourth-order valence-electron chi connectivity index (χ4n) is 3.65. The Morgan fingerprint density at radius 1 is 1.06 bits per heavy atom. The number of hydrogen-bond acceptors (Lipinski definition) is 5. The molecule has 0 aliphatic heterocycles. The van der Waals surface area contributed by atoms with Crippen molar-refractivity contribution in [3.05, 3.63) is 88.1 Å². The third kappa shape index (κ3) is 7.93. The highest BCUT2D eigenvalue weighted by atomic mass is 19.4. The molecule has 0 aliphatic carbocycles. The van der Waals surface area contributed by atoms with Gasteiger partial charge in [-0.2, -0.15) is 13.2 Å². The number of hydrogen-bond donors (Lipinski definition) is 1. The third-order valence-corrected chi connectivity index (χ3v) is 5.55. The van der Waals surface area contributed by atoms with Crippen molar-refractivity contribution < 1.29 is 22.4 Å². The van der Waals surface area contributed by atoms with Crippen LogP contribution in [0.3, 0.4) is 0 Å². The van der Waals surface area contributed by atoms with Crippen LogP contribution in [0.25, 0.3) is 0 Å². The largest absolute Gasteiger partial charge is 0.447 e. The number of benzene rings is 2. The molecule has 0 unspecified atom stereocenters. The lowest BCUT2D eigenvalue weighted by atomic mass is 10.0. The van der Waals surface area contributed by atoms with Crippen LogP contribution in [0.1, 0.15) is 44.2 Å². The first kappa shape index (κ1) is 26.4. The van der Waals surface area contributed by atoms with Crippen LogP contribution >= 0.6 is 0 Å². The molecule has 2 aromatic carbocycles. The first-order valence-electron chi connectivity index (χ1n) is 11.3. The van der Waals surface area contributed by atoms with Gasteiger partial charge < -0.3 is 14.6 Å². The number of carbonyl (C=O) groups is 1. The molecule has 1 amide bonds. The number of aromatic nitrogens is 1. The highest BCUT2D eigenvalue weighted by Gasteiger charge is 2.30. The zero-order valence-corrected chi connectivity index (χ0v) is 20.4. The number of nitrogens with zero attached hydrogens (tertiary/aromatic N) is 3. The predicted molar refractivity (Wildman–Crippen MR) is 128 cm³/mol. The molecule has 0 aliphatic rings. The molecule has 0 saturated carbocycles. The minimum absolute atomic E-state index is 0.171. The van der Waals surface area contributed by atoms with Crippen LogP contribution in [0.15, 0.2) is 53.1 Å². The number of rotatable bonds is 10. The van der Waals surface area contributed by atoms with E-state index in [2.05, 4.69) is 16.4 Å². The van der Waals surface area contributed by atoms with Crippen molar-refractivity contribution in [2.45, 2.75) is 39.7 Å². The van der Waals surface area contributed by atoms with Crippen molar-refractivity contribution in [3.63, 3.8) is 0 Å². The predicted octanol–water partition coefficient (Wildman–Crippen LogP) is 4.80. The second kappa shape index (κ2) is 11.5. The first-order chi connectivity index (χ1) is 16.5. The fourth-order valence-corrected chi connectivity index (χ4v) is 3.65. The van der Waals surface area contributed by atoms with Crippen molar-refractivity contribution in [3.8, 4) is 0 Å². The van der Waals surface area contributed by atoms with Crippen molar-refractivity contribution >= 4 is 5.91 Å². The van der Waals surface area contributed by atoms with Crippen LogP contribution < -0.4 is 5.32 Å². The minimum atomic E-state index is -4.41. The first-order valence-corrected chi connectivity index (χ1v) is 11.3. The van der Waals surface area contributed by atoms with Gasteiger partial charge in [0.1, 0.15) is 6.26 Å². The number of oxazole rings is 1. The van der Waals surface area contributed by atoms with Crippen LogP contribution in [0, 0.1) is 13.8 Å². The number of alkyl halides is 3. The van der Waals surface area contributed by atoms with Crippen LogP contribution in [0.4, 0.5) is 13.2 Å². The highest BCUT2D eigenvalue weighted by Crippen LogP contribution is 2.30. The van der Waals surface area contributed by atoms with E-state index >= 15 is 0 Å². The second-order valence-electron chi connectivity index (χ2n) is 8.96. The fraction of sp³-hybridized carbons (Fsp3) is 0.385. The number of carbonyl (C=O) groups excluding carboxylic acids is 1. The summed E-state index contributed by atoms with van der Waals surface area (Å²) in [6, 6.07) is 11.4. The van der Waals surface area contributed by atoms with E-state index in [0.717, 1.165) is 28.8 Å². The molecule has 3 aromatic rings. The Balaban J connectivity index is 1.79. The molecule has 1 N–H and O–H groups in total. The average molecular weight is 489 g/mol. The smallest absolute Gasteiger partial charge is 0.416 e. The van der Waals surface area contributed by atoms with E-state index in [-0.39, 0.29) is 24.7 Å². The maximum atomic E-state index is 13.2. The summed E-state index contributed by atoms with van der Waals surface area (Å²) in [7, 11) is 3.82. The third-order valence-electron chi connectivity index (χ3n) is 5.55. The molecular weight excluding hydrogens is 457 g/mol. The van der Waals surface area contributed by atoms with Crippen molar-refractivity contribution in [1.82, 2.24) is 20.1 Å². The van der Waals surface area contributed by atoms with Crippen molar-refractivity contribution in [2.75, 3.05) is 27.2 Å². The van der Waals surface area contributed by atoms with Crippen LogP contribution in [-0.2, 0) is 25.8 Å². The van der Waals surface area contributed by atoms with E-state index in [9.17, 15) is 18.0 Å². The maximum Gasteiger partial charge on any atom is 0.416 e. The molecule has 0 radical (unpaired) electrons. The monoisotopic (exact) mass is 488 g/mol. The molecule has 9 heteroatoms. The Morgan fingerprint density at radius 3 is 2.54 bits per heavy atom. The summed E-state index contributed by atoms with van der Waals surface area (Å²) >= 11 is 0. The summed E-state index contributed by atoms with van der Waals surface area (Å²) in [6.45, 7) is 6.13. The Morgan fingerprint density at radius 2 is 1.83 bits per heavy atom. The number of amides is 1. The van der Waals surface area contributed by atoms with Gasteiger partial charge in [-0.3, -0.25) is 9.69 Å². The normalized spacial score (nSPS) is 11.9. The van der Waals surface area contributed by atoms with E-state index in [1.807, 2.05) is 49.9 Å². The van der Waals surface area contributed by atoms with Gasteiger partial charge in [-0.25, -0.2) is 4.98 Å². The summed E-state index contributed by atoms with van der Waals surface area (Å²) in [5.74, 6) is -0.0131. The van der Waals surface area contributed by atoms with Gasteiger partial charge in [-0.15, -0.1) is 0 Å². The van der Waals surface area contributed by atoms with E-state index in [0.29, 0.717) is 31.1 Å². The average Bonchev–Trinajstić information content (AvgIpc) is 3.24. The lowest BCUT2D eigenvalue weighted by molar-refractivity contribution is -0.137. The molecule has 35 heavy (non-hydrogen) atoms. The molecule has 1 aromatic heterocycles. The molecule has 1 heterocycles. The Kier molecular flexibility index (Phi) is 8.69. The zero-order chi connectivity index (χ0) is 25.6. The SMILES string of the molecule is Cc1ccc(C)c(CN(Cc2cccc(C(F)(F)F)c2)Cc2nc(C(=O)NCCN(C)C)co2)c1. The molecule has 0 atom stereocenters. The Labute approximate surface area is 203 Å². The minimum Gasteiger partial charge on any atom is -0.447 e. The maximum absolute atomic E-state index is 13.2. The number of halogens is 3. The summed E-state index contributed by atoms with van der Waals surface area (Å²) in [5, 5.41) is 2.79. The van der Waals surface area contributed by atoms with Gasteiger partial charge in [0, 0.05) is 26.2 Å². The number of aryl methyl sites for hydroxylation is 2. The van der Waals surface area contributed by atoms with Gasteiger partial charge in [0.05, 0.1) is 12.1 Å². The molecule has 188 valence electrons. The zero-order valence-electron chi connectivity index (χ0n) is 20.4. The molecular formula is C26H31F3N4O2. The van der Waals surface area contributed by atoms with E-state index in [1.165, 1.54) is 12.3 Å². The summed E-state index contributed by atoms with van der Waals surface area (Å²) in [4.78, 5) is 20.6. The molecule has 6 nitrogen and oxygen atoms in total. The molecule has 0 spiro atoms. The lowest BCUT2D eigenvalue weighted by Crippen LogP contribution is -2.31. The number of likely N-dealkylation sites (N-methyl/N-ethyl adjacent to an activating group) is 1. The van der Waals surface area contributed by atoms with Crippen LogP contribution in [-0.4, -0.2) is 47.9 Å². The number of nitrogens with one attached hydrogen (secondary N) is 1. The van der Waals surface area contributed by atoms with Crippen LogP contribution in [0.5, 0.6) is 0 Å². The van der Waals surface area contributed by atoms with Crippen molar-refractivity contribution in [2.24, 2.45) is 0 Å².